The molecule has 0 aliphatic heterocycles. The van der Waals surface area contributed by atoms with E-state index in [0.29, 0.717) is 47.9 Å². The summed E-state index contributed by atoms with van der Waals surface area (Å²) in [6.07, 6.45) is 5.15. The van der Waals surface area contributed by atoms with Crippen LogP contribution in [0.15, 0.2) is 48.9 Å². The van der Waals surface area contributed by atoms with Crippen LogP contribution in [0.25, 0.3) is 16.9 Å². The number of halogens is 2. The van der Waals surface area contributed by atoms with E-state index in [9.17, 15) is 18.4 Å². The lowest BCUT2D eigenvalue weighted by atomic mass is 10.0. The van der Waals surface area contributed by atoms with E-state index in [0.717, 1.165) is 5.56 Å². The van der Waals surface area contributed by atoms with Crippen molar-refractivity contribution >= 4 is 29.1 Å². The monoisotopic (exact) mass is 552 g/mol. The average Bonchev–Trinajstić information content (AvgIpc) is 3.40. The fourth-order valence-electron chi connectivity index (χ4n) is 4.11. The van der Waals surface area contributed by atoms with Crippen LogP contribution in [0.5, 0.6) is 5.75 Å². The van der Waals surface area contributed by atoms with E-state index in [-0.39, 0.29) is 36.3 Å². The van der Waals surface area contributed by atoms with Crippen LogP contribution in [0.2, 0.25) is 0 Å². The molecular formula is C27H30F2N8O3. The maximum absolute atomic E-state index is 14.8. The number of nitrogens with zero attached hydrogens (tertiary/aromatic N) is 3. The molecular weight excluding hydrogens is 522 g/mol. The topological polar surface area (TPSA) is 148 Å². The van der Waals surface area contributed by atoms with Gasteiger partial charge < -0.3 is 31.7 Å². The molecule has 13 heteroatoms. The van der Waals surface area contributed by atoms with Crippen molar-refractivity contribution in [2.45, 2.75) is 13.3 Å². The van der Waals surface area contributed by atoms with Gasteiger partial charge >= 0.3 is 6.03 Å². The summed E-state index contributed by atoms with van der Waals surface area (Å²) in [6.45, 7) is 3.16. The van der Waals surface area contributed by atoms with Crippen molar-refractivity contribution in [1.82, 2.24) is 30.3 Å². The molecule has 4 rings (SSSR count). The highest BCUT2D eigenvalue weighted by atomic mass is 19.2. The Hall–Kier alpha value is -4.78. The molecule has 0 atom stereocenters. The number of carbonyl (C=O) groups excluding carboxylic acids is 2. The van der Waals surface area contributed by atoms with Gasteiger partial charge in [0.15, 0.2) is 23.0 Å². The third kappa shape index (κ3) is 6.10. The number of ether oxygens (including phenoxy) is 1. The Morgan fingerprint density at radius 2 is 1.80 bits per heavy atom. The molecule has 0 spiro atoms. The molecule has 2 aromatic carbocycles. The number of fused-ring (bicyclic) bond motifs is 1. The molecule has 0 aliphatic rings. The van der Waals surface area contributed by atoms with E-state index in [2.05, 4.69) is 31.2 Å². The number of amides is 3. The highest BCUT2D eigenvalue weighted by Gasteiger charge is 2.19. The number of hydrogen-bond acceptors (Lipinski definition) is 7. The number of aromatic nitrogens is 3. The molecule has 0 fully saturated rings. The number of carbonyl (C=O) groups is 2. The molecule has 0 bridgehead atoms. The van der Waals surface area contributed by atoms with E-state index < -0.39 is 11.6 Å². The van der Waals surface area contributed by atoms with Gasteiger partial charge in [0, 0.05) is 55.4 Å². The maximum Gasteiger partial charge on any atom is 0.314 e. The summed E-state index contributed by atoms with van der Waals surface area (Å²) < 4.78 is 35.6. The smallest absolute Gasteiger partial charge is 0.314 e. The number of aryl methyl sites for hydroxylation is 1. The molecule has 6 N–H and O–H groups in total. The Bertz CT molecular complexity index is 1530. The number of nitrogens with one attached hydrogen (secondary N) is 4. The van der Waals surface area contributed by atoms with E-state index in [1.54, 1.807) is 22.7 Å². The van der Waals surface area contributed by atoms with Crippen LogP contribution in [0.3, 0.4) is 0 Å². The second kappa shape index (κ2) is 12.8. The Kier molecular flexibility index (Phi) is 9.07. The normalized spacial score (nSPS) is 10.8. The first kappa shape index (κ1) is 28.2. The lowest BCUT2D eigenvalue weighted by Crippen LogP contribution is -2.41. The molecule has 0 saturated carbocycles. The largest absolute Gasteiger partial charge is 0.494 e. The minimum absolute atomic E-state index is 0.0259. The van der Waals surface area contributed by atoms with Gasteiger partial charge in [0.25, 0.3) is 5.91 Å². The molecule has 2 aromatic heterocycles. The Morgan fingerprint density at radius 3 is 2.55 bits per heavy atom. The van der Waals surface area contributed by atoms with Gasteiger partial charge in [0.05, 0.1) is 19.0 Å². The molecule has 210 valence electrons. The van der Waals surface area contributed by atoms with E-state index in [4.69, 9.17) is 10.5 Å². The highest BCUT2D eigenvalue weighted by molar-refractivity contribution is 5.96. The van der Waals surface area contributed by atoms with Crippen molar-refractivity contribution in [2.75, 3.05) is 38.6 Å². The number of rotatable bonds is 11. The number of nitrogens with two attached hydrogens (primary N) is 1. The summed E-state index contributed by atoms with van der Waals surface area (Å²) in [5.41, 5.74) is 8.07. The summed E-state index contributed by atoms with van der Waals surface area (Å²) >= 11 is 0. The number of urea groups is 1. The molecule has 0 unspecified atom stereocenters. The second-order valence-corrected chi connectivity index (χ2v) is 8.63. The highest BCUT2D eigenvalue weighted by Crippen LogP contribution is 2.31. The van der Waals surface area contributed by atoms with Crippen LogP contribution in [0.1, 0.15) is 22.8 Å². The lowest BCUT2D eigenvalue weighted by Gasteiger charge is -2.13. The number of imidazole rings is 1. The SMILES string of the molecule is CCc1cc(Nc2nccn3c(-c4ccc(OC)c(F)c4F)cnc23)ccc1C(=O)NCCNC(=O)NCCN. The zero-order valence-corrected chi connectivity index (χ0v) is 22.1. The minimum Gasteiger partial charge on any atom is -0.494 e. The molecule has 0 aliphatic carbocycles. The third-order valence-corrected chi connectivity index (χ3v) is 6.09. The molecule has 4 aromatic rings. The van der Waals surface area contributed by atoms with Crippen LogP contribution >= 0.6 is 0 Å². The van der Waals surface area contributed by atoms with E-state index in [1.165, 1.54) is 31.6 Å². The zero-order valence-electron chi connectivity index (χ0n) is 22.1. The number of methoxy groups -OCH3 is 1. The van der Waals surface area contributed by atoms with E-state index in [1.807, 2.05) is 13.0 Å². The summed E-state index contributed by atoms with van der Waals surface area (Å²) in [6, 6.07) is 7.71. The summed E-state index contributed by atoms with van der Waals surface area (Å²) in [5, 5.41) is 11.2. The Balaban J connectivity index is 1.49. The first-order valence-corrected chi connectivity index (χ1v) is 12.6. The van der Waals surface area contributed by atoms with Gasteiger partial charge in [-0.2, -0.15) is 4.39 Å². The molecule has 0 radical (unpaired) electrons. The van der Waals surface area contributed by atoms with Crippen molar-refractivity contribution in [3.05, 3.63) is 71.7 Å². The van der Waals surface area contributed by atoms with Crippen LogP contribution in [-0.2, 0) is 6.42 Å². The van der Waals surface area contributed by atoms with Crippen LogP contribution in [-0.4, -0.2) is 59.6 Å². The molecule has 40 heavy (non-hydrogen) atoms. The summed E-state index contributed by atoms with van der Waals surface area (Å²) in [4.78, 5) is 33.1. The van der Waals surface area contributed by atoms with Crippen molar-refractivity contribution in [3.8, 4) is 17.0 Å². The summed E-state index contributed by atoms with van der Waals surface area (Å²) in [5.74, 6) is -2.19. The zero-order chi connectivity index (χ0) is 28.6. The Morgan fingerprint density at radius 1 is 1.02 bits per heavy atom. The predicted molar refractivity (Wildman–Crippen MR) is 147 cm³/mol. The lowest BCUT2D eigenvalue weighted by molar-refractivity contribution is 0.0953. The quantitative estimate of drug-likeness (QED) is 0.180. The number of benzene rings is 2. The van der Waals surface area contributed by atoms with Gasteiger partial charge in [-0.25, -0.2) is 19.2 Å². The fraction of sp³-hybridized carbons (Fsp3) is 0.259. The van der Waals surface area contributed by atoms with Gasteiger partial charge in [0.1, 0.15) is 0 Å². The van der Waals surface area contributed by atoms with Gasteiger partial charge in [-0.15, -0.1) is 0 Å². The van der Waals surface area contributed by atoms with Gasteiger partial charge in [-0.1, -0.05) is 6.92 Å². The van der Waals surface area contributed by atoms with Crippen LogP contribution in [0.4, 0.5) is 25.1 Å². The van der Waals surface area contributed by atoms with E-state index >= 15 is 0 Å². The van der Waals surface area contributed by atoms with Crippen molar-refractivity contribution in [3.63, 3.8) is 0 Å². The van der Waals surface area contributed by atoms with Crippen molar-refractivity contribution in [2.24, 2.45) is 5.73 Å². The van der Waals surface area contributed by atoms with Crippen molar-refractivity contribution < 1.29 is 23.1 Å². The average molecular weight is 553 g/mol. The second-order valence-electron chi connectivity index (χ2n) is 8.63. The van der Waals surface area contributed by atoms with Crippen molar-refractivity contribution in [1.29, 1.82) is 0 Å². The number of anilines is 2. The van der Waals surface area contributed by atoms with Gasteiger partial charge in [-0.3, -0.25) is 9.20 Å². The number of hydrogen-bond donors (Lipinski definition) is 5. The minimum atomic E-state index is -1.08. The van der Waals surface area contributed by atoms with Gasteiger partial charge in [0.2, 0.25) is 5.82 Å². The molecule has 3 amide bonds. The summed E-state index contributed by atoms with van der Waals surface area (Å²) in [7, 11) is 1.27. The van der Waals surface area contributed by atoms with Crippen LogP contribution < -0.4 is 31.7 Å². The predicted octanol–water partition coefficient (Wildman–Crippen LogP) is 2.98. The first-order chi connectivity index (χ1) is 19.4. The molecule has 2 heterocycles. The standard InChI is InChI=1S/C27H30F2N8O3/c1-3-16-14-17(4-5-18(16)26(38)32-10-11-34-27(39)33-9-8-30)36-24-25-35-15-20(37(25)13-12-31-24)19-6-7-21(40-2)23(29)22(19)28/h4-7,12-15H,3,8-11,30H2,1-2H3,(H,31,36)(H,32,38)(H2,33,34,39). The molecule has 0 saturated heterocycles. The third-order valence-electron chi connectivity index (χ3n) is 6.09. The fourth-order valence-corrected chi connectivity index (χ4v) is 4.11. The Labute approximate surface area is 229 Å². The van der Waals surface area contributed by atoms with Gasteiger partial charge in [-0.05, 0) is 42.3 Å². The molecule has 11 nitrogen and oxygen atoms in total. The van der Waals surface area contributed by atoms with Crippen LogP contribution in [0, 0.1) is 11.6 Å². The first-order valence-electron chi connectivity index (χ1n) is 12.6. The maximum atomic E-state index is 14.8.